The third-order valence-corrected chi connectivity index (χ3v) is 9.03. The molecule has 0 spiro atoms. The Morgan fingerprint density at radius 2 is 1.98 bits per heavy atom. The van der Waals surface area contributed by atoms with Crippen LogP contribution in [0.25, 0.3) is 0 Å². The lowest BCUT2D eigenvalue weighted by molar-refractivity contribution is -0.146. The molecule has 4 N–H and O–H groups in total. The van der Waals surface area contributed by atoms with E-state index in [1.807, 2.05) is 0 Å². The van der Waals surface area contributed by atoms with Crippen molar-refractivity contribution >= 4 is 31.3 Å². The minimum atomic E-state index is -4.65. The number of halogens is 3. The summed E-state index contributed by atoms with van der Waals surface area (Å²) >= 11 is 0.795. The van der Waals surface area contributed by atoms with Crippen LogP contribution in [0.15, 0.2) is 65.6 Å². The molecule has 3 aromatic rings. The summed E-state index contributed by atoms with van der Waals surface area (Å²) in [6.07, 6.45) is -2.41. The van der Waals surface area contributed by atoms with Crippen LogP contribution in [-0.4, -0.2) is 50.8 Å². The molecule has 1 unspecified atom stereocenters. The van der Waals surface area contributed by atoms with Crippen LogP contribution in [0, 0.1) is 11.6 Å². The van der Waals surface area contributed by atoms with E-state index in [0.29, 0.717) is 11.6 Å². The molecule has 6 atom stereocenters. The van der Waals surface area contributed by atoms with Crippen LogP contribution in [0.1, 0.15) is 17.9 Å². The molecule has 0 bridgehead atoms. The zero-order valence-corrected chi connectivity index (χ0v) is 23.1. The number of alkyl halides is 1. The number of carbonyl (C=O) groups excluding carboxylic acids is 1. The fourth-order valence-electron chi connectivity index (χ4n) is 3.77. The van der Waals surface area contributed by atoms with Crippen molar-refractivity contribution < 1.29 is 41.4 Å². The molecule has 41 heavy (non-hydrogen) atoms. The second-order valence-electron chi connectivity index (χ2n) is 8.95. The number of aliphatic hydroxyl groups is 1. The molecule has 11 nitrogen and oxygen atoms in total. The highest BCUT2D eigenvalue weighted by Crippen LogP contribution is 2.49. The van der Waals surface area contributed by atoms with E-state index in [9.17, 15) is 32.4 Å². The number of carbonyl (C=O) groups is 1. The van der Waals surface area contributed by atoms with Crippen molar-refractivity contribution in [2.45, 2.75) is 42.5 Å². The van der Waals surface area contributed by atoms with E-state index in [1.165, 1.54) is 19.2 Å². The molecule has 220 valence electrons. The van der Waals surface area contributed by atoms with Gasteiger partial charge in [-0.2, -0.15) is 10.1 Å². The molecule has 0 radical (unpaired) electrons. The smallest absolute Gasteiger partial charge is 0.459 e. The highest BCUT2D eigenvalue weighted by molar-refractivity contribution is 8.00. The molecule has 1 fully saturated rings. The highest BCUT2D eigenvalue weighted by Gasteiger charge is 2.46. The monoisotopic (exact) mass is 614 g/mol. The standard InChI is InChI=1S/C25H26F3N4O7PS/c1-14(24(34)37-12-15-5-3-2-4-6-15)31-40(36,39-18-8-7-16(26)11-17(18)27)38-13-19-22(33)21(28)23(41-19)32-10-9-20(29)30-25(32)35/h2-11,14,19,21-23,33H,12-13H2,1H3,(H,31,36)(H2,29,30,35)/t14-,19+,21-,22+,23+,40?/m0/s1. The Labute approximate surface area is 236 Å². The predicted molar refractivity (Wildman–Crippen MR) is 144 cm³/mol. The van der Waals surface area contributed by atoms with Gasteiger partial charge in [-0.15, -0.1) is 11.8 Å². The topological polar surface area (TPSA) is 155 Å². The third kappa shape index (κ3) is 7.68. The summed E-state index contributed by atoms with van der Waals surface area (Å²) in [5.74, 6) is -3.71. The van der Waals surface area contributed by atoms with Gasteiger partial charge in [0.25, 0.3) is 0 Å². The average Bonchev–Trinajstić information content (AvgIpc) is 3.21. The molecule has 16 heteroatoms. The van der Waals surface area contributed by atoms with Crippen LogP contribution >= 0.6 is 19.5 Å². The van der Waals surface area contributed by atoms with Crippen molar-refractivity contribution in [2.75, 3.05) is 12.3 Å². The van der Waals surface area contributed by atoms with Crippen molar-refractivity contribution in [3.63, 3.8) is 0 Å². The number of nitrogens with one attached hydrogen (secondary N) is 1. The van der Waals surface area contributed by atoms with Crippen LogP contribution in [0.2, 0.25) is 0 Å². The number of aliphatic hydroxyl groups excluding tert-OH is 1. The van der Waals surface area contributed by atoms with Gasteiger partial charge in [0.1, 0.15) is 35.8 Å². The van der Waals surface area contributed by atoms with Crippen LogP contribution in [0.3, 0.4) is 0 Å². The Kier molecular flexibility index (Phi) is 9.76. The summed E-state index contributed by atoms with van der Waals surface area (Å²) in [4.78, 5) is 28.3. The minimum Gasteiger partial charge on any atom is -0.460 e. The normalized spacial score (nSPS) is 22.6. The van der Waals surface area contributed by atoms with Gasteiger partial charge in [0.2, 0.25) is 0 Å². The maximum absolute atomic E-state index is 15.0. The van der Waals surface area contributed by atoms with Crippen LogP contribution in [0.5, 0.6) is 5.75 Å². The Morgan fingerprint density at radius 1 is 1.24 bits per heavy atom. The fraction of sp³-hybridized carbons (Fsp3) is 0.320. The van der Waals surface area contributed by atoms with E-state index >= 15 is 0 Å². The Hall–Kier alpha value is -3.36. The van der Waals surface area contributed by atoms with Gasteiger partial charge in [-0.3, -0.25) is 13.9 Å². The molecular formula is C25H26F3N4O7PS. The van der Waals surface area contributed by atoms with Gasteiger partial charge in [0.15, 0.2) is 17.7 Å². The molecule has 4 rings (SSSR count). The quantitative estimate of drug-likeness (QED) is 0.215. The largest absolute Gasteiger partial charge is 0.460 e. The first kappa shape index (κ1) is 30.6. The lowest BCUT2D eigenvalue weighted by atomic mass is 10.1. The van der Waals surface area contributed by atoms with Crippen molar-refractivity contribution in [2.24, 2.45) is 0 Å². The number of benzene rings is 2. The van der Waals surface area contributed by atoms with Gasteiger partial charge in [-0.25, -0.2) is 22.5 Å². The van der Waals surface area contributed by atoms with Crippen LogP contribution < -0.4 is 21.0 Å². The molecule has 1 aliphatic heterocycles. The number of hydrogen-bond acceptors (Lipinski definition) is 10. The molecular weight excluding hydrogens is 588 g/mol. The maximum Gasteiger partial charge on any atom is 0.459 e. The van der Waals surface area contributed by atoms with Crippen LogP contribution in [-0.2, 0) is 25.2 Å². The fourth-order valence-corrected chi connectivity index (χ4v) is 6.81. The number of nitrogen functional groups attached to an aromatic ring is 1. The number of esters is 1. The Bertz CT molecular complexity index is 1490. The molecule has 0 saturated carbocycles. The Balaban J connectivity index is 1.49. The summed E-state index contributed by atoms with van der Waals surface area (Å²) in [7, 11) is -4.65. The SMILES string of the molecule is C[C@H](NP(=O)(OC[C@H]1S[C@@H](n2ccc(N)nc2=O)[C@@H](F)[C@@H]1O)Oc1ccc(F)cc1F)C(=O)OCc1ccccc1. The Morgan fingerprint density at radius 3 is 2.66 bits per heavy atom. The van der Waals surface area contributed by atoms with E-state index in [4.69, 9.17) is 19.5 Å². The number of anilines is 1. The summed E-state index contributed by atoms with van der Waals surface area (Å²) in [6, 6.07) is 10.9. The molecule has 0 aliphatic carbocycles. The number of aromatic nitrogens is 2. The summed E-state index contributed by atoms with van der Waals surface area (Å²) < 4.78 is 73.3. The van der Waals surface area contributed by atoms with Gasteiger partial charge >= 0.3 is 19.4 Å². The zero-order valence-electron chi connectivity index (χ0n) is 21.4. The third-order valence-electron chi connectivity index (χ3n) is 5.87. The van der Waals surface area contributed by atoms with Crippen molar-refractivity contribution in [1.82, 2.24) is 14.6 Å². The van der Waals surface area contributed by atoms with E-state index in [1.54, 1.807) is 30.3 Å². The summed E-state index contributed by atoms with van der Waals surface area (Å²) in [5, 5.41) is 10.5. The summed E-state index contributed by atoms with van der Waals surface area (Å²) in [5.41, 5.74) is 5.32. The van der Waals surface area contributed by atoms with E-state index < -0.39 is 72.3 Å². The number of thioether (sulfide) groups is 1. The van der Waals surface area contributed by atoms with Crippen LogP contribution in [0.4, 0.5) is 19.0 Å². The summed E-state index contributed by atoms with van der Waals surface area (Å²) in [6.45, 7) is 0.577. The van der Waals surface area contributed by atoms with Crippen molar-refractivity contribution in [1.29, 1.82) is 0 Å². The van der Waals surface area contributed by atoms with E-state index in [-0.39, 0.29) is 12.4 Å². The lowest BCUT2D eigenvalue weighted by Crippen LogP contribution is -2.36. The molecule has 0 amide bonds. The zero-order chi connectivity index (χ0) is 29.7. The number of nitrogens with two attached hydrogens (primary N) is 1. The van der Waals surface area contributed by atoms with E-state index in [2.05, 4.69) is 10.1 Å². The maximum atomic E-state index is 15.0. The number of ether oxygens (including phenoxy) is 1. The molecule has 1 aromatic heterocycles. The molecule has 1 saturated heterocycles. The van der Waals surface area contributed by atoms with Gasteiger partial charge in [-0.1, -0.05) is 30.3 Å². The van der Waals surface area contributed by atoms with Gasteiger partial charge in [0, 0.05) is 12.3 Å². The minimum absolute atomic E-state index is 0.0707. The van der Waals surface area contributed by atoms with Gasteiger partial charge in [0.05, 0.1) is 11.9 Å². The number of nitrogens with zero attached hydrogens (tertiary/aromatic N) is 2. The average molecular weight is 615 g/mol. The molecule has 2 heterocycles. The molecule has 1 aliphatic rings. The second kappa shape index (κ2) is 13.1. The highest BCUT2D eigenvalue weighted by atomic mass is 32.2. The van der Waals surface area contributed by atoms with Crippen molar-refractivity contribution in [3.05, 3.63) is 88.5 Å². The van der Waals surface area contributed by atoms with Gasteiger partial charge < -0.3 is 20.1 Å². The first-order valence-electron chi connectivity index (χ1n) is 12.2. The van der Waals surface area contributed by atoms with Crippen molar-refractivity contribution in [3.8, 4) is 5.75 Å². The van der Waals surface area contributed by atoms with Gasteiger partial charge in [-0.05, 0) is 30.7 Å². The lowest BCUT2D eigenvalue weighted by Gasteiger charge is -2.24. The second-order valence-corrected chi connectivity index (χ2v) is 12.0. The first-order valence-corrected chi connectivity index (χ1v) is 14.6. The number of hydrogen-bond donors (Lipinski definition) is 3. The first-order chi connectivity index (χ1) is 19.5. The molecule has 2 aromatic carbocycles. The number of rotatable bonds is 11. The van der Waals surface area contributed by atoms with E-state index in [0.717, 1.165) is 28.5 Å². The predicted octanol–water partition coefficient (Wildman–Crippen LogP) is 3.34.